The zero-order valence-electron chi connectivity index (χ0n) is 10.8. The molecule has 0 saturated heterocycles. The topological polar surface area (TPSA) is 21.7 Å². The van der Waals surface area contributed by atoms with Crippen LogP contribution in [0.4, 0.5) is 5.69 Å². The molecule has 0 N–H and O–H groups in total. The Morgan fingerprint density at radius 2 is 1.72 bits per heavy atom. The molecule has 0 aromatic heterocycles. The smallest absolute Gasteiger partial charge is 0.0637 e. The predicted molar refractivity (Wildman–Crippen MR) is 82.7 cm³/mol. The van der Waals surface area contributed by atoms with Crippen LogP contribution in [0.5, 0.6) is 0 Å². The maximum Gasteiger partial charge on any atom is 0.0637 e. The van der Waals surface area contributed by atoms with Crippen LogP contribution < -0.4 is 4.90 Å². The van der Waals surface area contributed by atoms with Gasteiger partial charge in [0.05, 0.1) is 13.2 Å². The fourth-order valence-electron chi connectivity index (χ4n) is 1.73. The highest BCUT2D eigenvalue weighted by Crippen LogP contribution is 2.26. The summed E-state index contributed by atoms with van der Waals surface area (Å²) >= 11 is 7.04. The lowest BCUT2D eigenvalue weighted by atomic mass is 10.2. The number of rotatable bonds is 8. The molecule has 0 atom stereocenters. The van der Waals surface area contributed by atoms with E-state index in [2.05, 4.69) is 55.0 Å². The van der Waals surface area contributed by atoms with Crippen molar-refractivity contribution in [2.75, 3.05) is 45.4 Å². The van der Waals surface area contributed by atoms with Crippen molar-refractivity contribution in [3.05, 3.63) is 28.2 Å². The monoisotopic (exact) mass is 379 g/mol. The first-order valence-electron chi connectivity index (χ1n) is 5.80. The molecule has 0 aliphatic heterocycles. The van der Waals surface area contributed by atoms with Crippen molar-refractivity contribution < 1.29 is 9.47 Å². The van der Waals surface area contributed by atoms with Gasteiger partial charge in [0, 0.05) is 42.8 Å². The summed E-state index contributed by atoms with van der Waals surface area (Å²) in [6, 6.07) is 6.33. The van der Waals surface area contributed by atoms with Gasteiger partial charge in [0.15, 0.2) is 0 Å². The van der Waals surface area contributed by atoms with Gasteiger partial charge in [-0.1, -0.05) is 31.9 Å². The zero-order chi connectivity index (χ0) is 13.4. The normalized spacial score (nSPS) is 10.7. The molecule has 0 aliphatic rings. The molecule has 102 valence electrons. The molecule has 1 aromatic rings. The van der Waals surface area contributed by atoms with E-state index in [4.69, 9.17) is 9.47 Å². The highest BCUT2D eigenvalue weighted by atomic mass is 79.9. The van der Waals surface area contributed by atoms with E-state index >= 15 is 0 Å². The summed E-state index contributed by atoms with van der Waals surface area (Å²) in [6.07, 6.45) is 0. The predicted octanol–water partition coefficient (Wildman–Crippen LogP) is 3.44. The molecule has 0 aliphatic carbocycles. The molecule has 18 heavy (non-hydrogen) atoms. The molecule has 0 bridgehead atoms. The SMILES string of the molecule is COCCN(CCOC)c1ccc(Br)cc1CBr. The molecular weight excluding hydrogens is 362 g/mol. The number of halogens is 2. The van der Waals surface area contributed by atoms with Crippen LogP contribution in [0.25, 0.3) is 0 Å². The largest absolute Gasteiger partial charge is 0.383 e. The number of alkyl halides is 1. The number of anilines is 1. The van der Waals surface area contributed by atoms with E-state index in [-0.39, 0.29) is 0 Å². The minimum absolute atomic E-state index is 0.710. The third kappa shape index (κ3) is 4.88. The van der Waals surface area contributed by atoms with Gasteiger partial charge in [-0.25, -0.2) is 0 Å². The fourth-order valence-corrected chi connectivity index (χ4v) is 2.58. The van der Waals surface area contributed by atoms with Gasteiger partial charge >= 0.3 is 0 Å². The fraction of sp³-hybridized carbons (Fsp3) is 0.538. The number of hydrogen-bond acceptors (Lipinski definition) is 3. The molecule has 1 aromatic carbocycles. The number of hydrogen-bond donors (Lipinski definition) is 0. The first kappa shape index (κ1) is 16.0. The van der Waals surface area contributed by atoms with Crippen LogP contribution in [0.15, 0.2) is 22.7 Å². The van der Waals surface area contributed by atoms with Gasteiger partial charge in [-0.3, -0.25) is 0 Å². The second kappa shape index (κ2) is 8.91. The average molecular weight is 381 g/mol. The first-order chi connectivity index (χ1) is 8.72. The second-order valence-corrected chi connectivity index (χ2v) is 5.36. The second-order valence-electron chi connectivity index (χ2n) is 3.88. The highest BCUT2D eigenvalue weighted by molar-refractivity contribution is 9.10. The lowest BCUT2D eigenvalue weighted by Crippen LogP contribution is -2.31. The van der Waals surface area contributed by atoms with Crippen molar-refractivity contribution in [1.82, 2.24) is 0 Å². The van der Waals surface area contributed by atoms with Crippen LogP contribution in [-0.2, 0) is 14.8 Å². The Hall–Kier alpha value is -0.100. The quantitative estimate of drug-likeness (QED) is 0.645. The molecule has 0 heterocycles. The molecule has 0 radical (unpaired) electrons. The summed E-state index contributed by atoms with van der Waals surface area (Å²) in [5.74, 6) is 0. The molecule has 0 spiro atoms. The first-order valence-corrected chi connectivity index (χ1v) is 7.71. The van der Waals surface area contributed by atoms with Crippen molar-refractivity contribution in [3.63, 3.8) is 0 Å². The number of benzene rings is 1. The van der Waals surface area contributed by atoms with Crippen molar-refractivity contribution in [3.8, 4) is 0 Å². The molecule has 1 rings (SSSR count). The Morgan fingerprint density at radius 1 is 1.11 bits per heavy atom. The maximum absolute atomic E-state index is 5.17. The molecule has 5 heteroatoms. The van der Waals surface area contributed by atoms with Gasteiger partial charge in [-0.15, -0.1) is 0 Å². The van der Waals surface area contributed by atoms with E-state index in [1.54, 1.807) is 14.2 Å². The molecular formula is C13H19Br2NO2. The number of ether oxygens (including phenoxy) is 2. The van der Waals surface area contributed by atoms with Gasteiger partial charge < -0.3 is 14.4 Å². The highest BCUT2D eigenvalue weighted by Gasteiger charge is 2.10. The van der Waals surface area contributed by atoms with E-state index < -0.39 is 0 Å². The van der Waals surface area contributed by atoms with Crippen LogP contribution in [0.2, 0.25) is 0 Å². The van der Waals surface area contributed by atoms with E-state index in [1.807, 2.05) is 0 Å². The summed E-state index contributed by atoms with van der Waals surface area (Å²) in [7, 11) is 3.45. The van der Waals surface area contributed by atoms with Crippen molar-refractivity contribution in [2.24, 2.45) is 0 Å². The van der Waals surface area contributed by atoms with Crippen LogP contribution in [0, 0.1) is 0 Å². The van der Waals surface area contributed by atoms with Gasteiger partial charge in [-0.05, 0) is 23.8 Å². The zero-order valence-corrected chi connectivity index (χ0v) is 14.0. The lowest BCUT2D eigenvalue weighted by Gasteiger charge is -2.26. The Balaban J connectivity index is 2.88. The third-order valence-corrected chi connectivity index (χ3v) is 3.75. The number of methoxy groups -OCH3 is 2. The molecule has 0 saturated carbocycles. The third-order valence-electron chi connectivity index (χ3n) is 2.66. The van der Waals surface area contributed by atoms with E-state index in [0.717, 1.165) is 22.9 Å². The molecule has 3 nitrogen and oxygen atoms in total. The summed E-state index contributed by atoms with van der Waals surface area (Å²) in [4.78, 5) is 2.29. The van der Waals surface area contributed by atoms with Crippen LogP contribution >= 0.6 is 31.9 Å². The Morgan fingerprint density at radius 3 is 2.22 bits per heavy atom. The minimum atomic E-state index is 0.710. The summed E-state index contributed by atoms with van der Waals surface area (Å²) in [6.45, 7) is 3.14. The van der Waals surface area contributed by atoms with Gasteiger partial charge in [-0.2, -0.15) is 0 Å². The Kier molecular flexibility index (Phi) is 7.90. The van der Waals surface area contributed by atoms with Crippen molar-refractivity contribution in [2.45, 2.75) is 5.33 Å². The van der Waals surface area contributed by atoms with Gasteiger partial charge in [0.25, 0.3) is 0 Å². The maximum atomic E-state index is 5.17. The number of nitrogens with zero attached hydrogens (tertiary/aromatic N) is 1. The van der Waals surface area contributed by atoms with Crippen LogP contribution in [0.1, 0.15) is 5.56 Å². The molecule has 0 unspecified atom stereocenters. The van der Waals surface area contributed by atoms with Crippen LogP contribution in [-0.4, -0.2) is 40.5 Å². The molecule has 0 fully saturated rings. The van der Waals surface area contributed by atoms with Gasteiger partial charge in [0.2, 0.25) is 0 Å². The average Bonchev–Trinajstić information content (AvgIpc) is 2.39. The summed E-state index contributed by atoms with van der Waals surface area (Å²) in [5.41, 5.74) is 2.49. The molecule has 0 amide bonds. The minimum Gasteiger partial charge on any atom is -0.383 e. The van der Waals surface area contributed by atoms with Crippen molar-refractivity contribution >= 4 is 37.5 Å². The Labute approximate surface area is 126 Å². The van der Waals surface area contributed by atoms with Gasteiger partial charge in [0.1, 0.15) is 0 Å². The van der Waals surface area contributed by atoms with E-state index in [1.165, 1.54) is 11.3 Å². The van der Waals surface area contributed by atoms with E-state index in [0.29, 0.717) is 13.2 Å². The lowest BCUT2D eigenvalue weighted by molar-refractivity contribution is 0.190. The van der Waals surface area contributed by atoms with Crippen molar-refractivity contribution in [1.29, 1.82) is 0 Å². The standard InChI is InChI=1S/C13H19Br2NO2/c1-17-7-5-16(6-8-18-2)13-4-3-12(15)9-11(13)10-14/h3-4,9H,5-8,10H2,1-2H3. The van der Waals surface area contributed by atoms with Crippen LogP contribution in [0.3, 0.4) is 0 Å². The summed E-state index contributed by atoms with van der Waals surface area (Å²) in [5, 5.41) is 0.832. The van der Waals surface area contributed by atoms with E-state index in [9.17, 15) is 0 Å². The Bertz CT molecular complexity index is 353. The summed E-state index contributed by atoms with van der Waals surface area (Å²) < 4.78 is 11.4.